The lowest BCUT2D eigenvalue weighted by atomic mass is 9.95. The van der Waals surface area contributed by atoms with Gasteiger partial charge in [-0.15, -0.1) is 11.3 Å². The van der Waals surface area contributed by atoms with Crippen molar-refractivity contribution < 1.29 is 14.2 Å². The van der Waals surface area contributed by atoms with Crippen LogP contribution in [0, 0.1) is 5.82 Å². The van der Waals surface area contributed by atoms with Gasteiger partial charge in [0, 0.05) is 20.9 Å². The van der Waals surface area contributed by atoms with E-state index < -0.39 is 0 Å². The van der Waals surface area contributed by atoms with Gasteiger partial charge in [-0.2, -0.15) is 0 Å². The third kappa shape index (κ3) is 3.46. The minimum Gasteiger partial charge on any atom is -0.497 e. The molecule has 0 radical (unpaired) electrons. The van der Waals surface area contributed by atoms with Crippen LogP contribution in [0.1, 0.15) is 30.2 Å². The Kier molecular flexibility index (Phi) is 5.21. The number of thiophene rings is 1. The van der Waals surface area contributed by atoms with Crippen LogP contribution in [0.5, 0.6) is 5.75 Å². The Morgan fingerprint density at radius 2 is 1.60 bits per heavy atom. The third-order valence-electron chi connectivity index (χ3n) is 4.21. The number of rotatable bonds is 5. The quantitative estimate of drug-likeness (QED) is 0.622. The van der Waals surface area contributed by atoms with E-state index in [2.05, 4.69) is 13.8 Å². The summed E-state index contributed by atoms with van der Waals surface area (Å²) in [5, 5.41) is 10.0. The molecule has 0 aliphatic heterocycles. The first-order valence-corrected chi connectivity index (χ1v) is 9.03. The summed E-state index contributed by atoms with van der Waals surface area (Å²) in [6.45, 7) is 4.21. The molecule has 0 fully saturated rings. The summed E-state index contributed by atoms with van der Waals surface area (Å²) in [4.78, 5) is 2.25. The Hall–Kier alpha value is -2.17. The number of hydrogen-bond acceptors (Lipinski definition) is 3. The third-order valence-corrected chi connectivity index (χ3v) is 5.79. The summed E-state index contributed by atoms with van der Waals surface area (Å²) in [5.74, 6) is 0.841. The van der Waals surface area contributed by atoms with Gasteiger partial charge in [-0.25, -0.2) is 4.39 Å². The number of benzene rings is 2. The van der Waals surface area contributed by atoms with Crippen LogP contribution in [0.4, 0.5) is 4.39 Å². The molecule has 0 bridgehead atoms. The number of aliphatic hydroxyl groups is 1. The van der Waals surface area contributed by atoms with Crippen molar-refractivity contribution >= 4 is 11.3 Å². The van der Waals surface area contributed by atoms with Crippen molar-refractivity contribution in [3.63, 3.8) is 0 Å². The first-order chi connectivity index (χ1) is 12.0. The highest BCUT2D eigenvalue weighted by Gasteiger charge is 2.21. The van der Waals surface area contributed by atoms with Gasteiger partial charge >= 0.3 is 0 Å². The predicted octanol–water partition coefficient (Wildman–Crippen LogP) is 5.85. The van der Waals surface area contributed by atoms with Gasteiger partial charge in [0.2, 0.25) is 0 Å². The van der Waals surface area contributed by atoms with Crippen molar-refractivity contribution in [2.45, 2.75) is 26.4 Å². The molecule has 3 aromatic rings. The van der Waals surface area contributed by atoms with Crippen molar-refractivity contribution in [2.75, 3.05) is 7.11 Å². The van der Waals surface area contributed by atoms with E-state index >= 15 is 0 Å². The van der Waals surface area contributed by atoms with Gasteiger partial charge in [-0.3, -0.25) is 0 Å². The largest absolute Gasteiger partial charge is 0.497 e. The fourth-order valence-electron chi connectivity index (χ4n) is 2.97. The Labute approximate surface area is 151 Å². The fourth-order valence-corrected chi connectivity index (χ4v) is 4.32. The van der Waals surface area contributed by atoms with Crippen LogP contribution in [0.15, 0.2) is 48.5 Å². The molecule has 0 atom stereocenters. The van der Waals surface area contributed by atoms with Crippen molar-refractivity contribution in [1.82, 2.24) is 0 Å². The van der Waals surface area contributed by atoms with Gasteiger partial charge in [-0.05, 0) is 53.4 Å². The van der Waals surface area contributed by atoms with E-state index in [1.165, 1.54) is 12.1 Å². The normalized spacial score (nSPS) is 11.1. The molecule has 130 valence electrons. The molecule has 1 heterocycles. The highest BCUT2D eigenvalue weighted by Crippen LogP contribution is 2.46. The molecule has 0 spiro atoms. The maximum atomic E-state index is 13.4. The van der Waals surface area contributed by atoms with Crippen LogP contribution >= 0.6 is 11.3 Å². The number of methoxy groups -OCH3 is 1. The number of halogens is 1. The van der Waals surface area contributed by atoms with Gasteiger partial charge in [0.15, 0.2) is 0 Å². The molecular weight excluding hydrogens is 335 g/mol. The van der Waals surface area contributed by atoms with E-state index in [4.69, 9.17) is 4.74 Å². The number of ether oxygens (including phenoxy) is 1. The van der Waals surface area contributed by atoms with Crippen LogP contribution in [0.25, 0.3) is 21.6 Å². The lowest BCUT2D eigenvalue weighted by Gasteiger charge is -2.09. The van der Waals surface area contributed by atoms with Gasteiger partial charge in [0.05, 0.1) is 13.7 Å². The van der Waals surface area contributed by atoms with Crippen molar-refractivity contribution in [3.8, 4) is 27.3 Å². The SMILES string of the molecule is COc1ccc(-c2sc(C(C)C)c(CO)c2-c2ccc(F)cc2)cc1. The predicted molar refractivity (Wildman–Crippen MR) is 102 cm³/mol. The van der Waals surface area contributed by atoms with E-state index in [0.717, 1.165) is 37.8 Å². The van der Waals surface area contributed by atoms with E-state index in [1.54, 1.807) is 30.6 Å². The molecule has 0 aliphatic rings. The van der Waals surface area contributed by atoms with Crippen LogP contribution in [0.2, 0.25) is 0 Å². The molecule has 1 aromatic heterocycles. The highest BCUT2D eigenvalue weighted by molar-refractivity contribution is 7.16. The minimum atomic E-state index is -0.264. The number of hydrogen-bond donors (Lipinski definition) is 1. The first-order valence-electron chi connectivity index (χ1n) is 8.22. The number of aliphatic hydroxyl groups excluding tert-OH is 1. The van der Waals surface area contributed by atoms with E-state index in [1.807, 2.05) is 24.3 Å². The second-order valence-corrected chi connectivity index (χ2v) is 7.25. The second-order valence-electron chi connectivity index (χ2n) is 6.20. The molecule has 2 nitrogen and oxygen atoms in total. The van der Waals surface area contributed by atoms with E-state index in [0.29, 0.717) is 5.92 Å². The Morgan fingerprint density at radius 1 is 1.00 bits per heavy atom. The summed E-state index contributed by atoms with van der Waals surface area (Å²) < 4.78 is 18.6. The summed E-state index contributed by atoms with van der Waals surface area (Å²) in [5.41, 5.74) is 3.89. The van der Waals surface area contributed by atoms with Crippen molar-refractivity contribution in [3.05, 3.63) is 64.8 Å². The fraction of sp³-hybridized carbons (Fsp3) is 0.238. The lowest BCUT2D eigenvalue weighted by molar-refractivity contribution is 0.281. The molecule has 0 aliphatic carbocycles. The minimum absolute atomic E-state index is 0.0348. The van der Waals surface area contributed by atoms with Crippen LogP contribution in [0.3, 0.4) is 0 Å². The smallest absolute Gasteiger partial charge is 0.123 e. The molecular formula is C21H21FO2S. The Morgan fingerprint density at radius 3 is 2.12 bits per heavy atom. The maximum absolute atomic E-state index is 13.4. The lowest BCUT2D eigenvalue weighted by Crippen LogP contribution is -1.93. The van der Waals surface area contributed by atoms with Crippen molar-refractivity contribution in [2.24, 2.45) is 0 Å². The molecule has 0 unspecified atom stereocenters. The Bertz CT molecular complexity index is 849. The molecule has 2 aromatic carbocycles. The van der Waals surface area contributed by atoms with Gasteiger partial charge in [-0.1, -0.05) is 26.0 Å². The molecule has 25 heavy (non-hydrogen) atoms. The molecule has 0 amide bonds. The zero-order chi connectivity index (χ0) is 18.0. The molecule has 1 N–H and O–H groups in total. The zero-order valence-corrected chi connectivity index (χ0v) is 15.4. The average Bonchev–Trinajstić information content (AvgIpc) is 3.02. The second kappa shape index (κ2) is 7.38. The summed E-state index contributed by atoms with van der Waals surface area (Å²) in [6.07, 6.45) is 0. The zero-order valence-electron chi connectivity index (χ0n) is 14.5. The topological polar surface area (TPSA) is 29.5 Å². The van der Waals surface area contributed by atoms with Gasteiger partial charge in [0.25, 0.3) is 0 Å². The van der Waals surface area contributed by atoms with Crippen LogP contribution < -0.4 is 4.74 Å². The Balaban J connectivity index is 2.23. The molecule has 0 saturated heterocycles. The highest BCUT2D eigenvalue weighted by atomic mass is 32.1. The van der Waals surface area contributed by atoms with E-state index in [9.17, 15) is 9.50 Å². The first kappa shape index (κ1) is 17.6. The van der Waals surface area contributed by atoms with Gasteiger partial charge < -0.3 is 9.84 Å². The summed E-state index contributed by atoms with van der Waals surface area (Å²) in [7, 11) is 1.64. The maximum Gasteiger partial charge on any atom is 0.123 e. The summed E-state index contributed by atoms with van der Waals surface area (Å²) in [6, 6.07) is 14.4. The molecule has 3 rings (SSSR count). The molecule has 0 saturated carbocycles. The van der Waals surface area contributed by atoms with Crippen LogP contribution in [-0.4, -0.2) is 12.2 Å². The average molecular weight is 356 g/mol. The summed E-state index contributed by atoms with van der Waals surface area (Å²) >= 11 is 1.69. The van der Waals surface area contributed by atoms with Gasteiger partial charge in [0.1, 0.15) is 11.6 Å². The van der Waals surface area contributed by atoms with E-state index in [-0.39, 0.29) is 12.4 Å². The van der Waals surface area contributed by atoms with Crippen LogP contribution in [-0.2, 0) is 6.61 Å². The monoisotopic (exact) mass is 356 g/mol. The standard InChI is InChI=1S/C21H21FO2S/c1-13(2)20-18(12-23)19(14-4-8-16(22)9-5-14)21(25-20)15-6-10-17(24-3)11-7-15/h4-11,13,23H,12H2,1-3H3. The van der Waals surface area contributed by atoms with Crippen molar-refractivity contribution in [1.29, 1.82) is 0 Å². The molecule has 4 heteroatoms.